The van der Waals surface area contributed by atoms with E-state index in [0.29, 0.717) is 34.3 Å². The number of halogens is 1. The van der Waals surface area contributed by atoms with Crippen molar-refractivity contribution in [3.63, 3.8) is 0 Å². The number of ether oxygens (including phenoxy) is 4. The third kappa shape index (κ3) is 4.86. The van der Waals surface area contributed by atoms with Crippen molar-refractivity contribution in [3.8, 4) is 56.8 Å². The number of nitrogens with zero attached hydrogens (tertiary/aromatic N) is 2. The van der Waals surface area contributed by atoms with Crippen LogP contribution in [0.2, 0.25) is 0 Å². The molecular formula is C25H22IN2NaO5. The van der Waals surface area contributed by atoms with Gasteiger partial charge in [0.2, 0.25) is 0 Å². The van der Waals surface area contributed by atoms with Crippen molar-refractivity contribution in [3.05, 3.63) is 64.4 Å². The van der Waals surface area contributed by atoms with Crippen LogP contribution in [0.15, 0.2) is 60.8 Å². The van der Waals surface area contributed by atoms with Crippen molar-refractivity contribution < 1.29 is 53.6 Å². The van der Waals surface area contributed by atoms with Crippen LogP contribution in [0.3, 0.4) is 0 Å². The molecule has 0 aliphatic carbocycles. The van der Waals surface area contributed by atoms with Gasteiger partial charge in [-0.15, -0.1) is 0 Å². The summed E-state index contributed by atoms with van der Waals surface area (Å²) in [5, 5.41) is 18.0. The second-order valence-electron chi connectivity index (χ2n) is 7.04. The van der Waals surface area contributed by atoms with E-state index in [4.69, 9.17) is 18.9 Å². The molecule has 0 N–H and O–H groups in total. The first-order valence-electron chi connectivity index (χ1n) is 10.0. The minimum Gasteiger partial charge on any atom is -0.872 e. The maximum atomic E-state index is 13.3. The summed E-state index contributed by atoms with van der Waals surface area (Å²) in [7, 11) is 6.23. The average Bonchev–Trinajstić information content (AvgIpc) is 3.27. The minimum absolute atomic E-state index is 0. The van der Waals surface area contributed by atoms with Crippen molar-refractivity contribution in [2.75, 3.05) is 28.4 Å². The molecule has 4 aromatic rings. The molecule has 1 heterocycles. The quantitative estimate of drug-likeness (QED) is 0.246. The molecular weight excluding hydrogens is 558 g/mol. The Balaban J connectivity index is 0.00000324. The Morgan fingerprint density at radius 3 is 2.06 bits per heavy atom. The first-order valence-corrected chi connectivity index (χ1v) is 11.1. The molecule has 0 atom stereocenters. The molecule has 0 aliphatic heterocycles. The Kier molecular flexibility index (Phi) is 8.75. The molecule has 0 amide bonds. The van der Waals surface area contributed by atoms with Gasteiger partial charge in [0.25, 0.3) is 0 Å². The molecule has 0 saturated carbocycles. The summed E-state index contributed by atoms with van der Waals surface area (Å²) in [5.41, 5.74) is 3.41. The molecule has 0 bridgehead atoms. The second kappa shape index (κ2) is 11.4. The normalized spacial score (nSPS) is 10.4. The van der Waals surface area contributed by atoms with Gasteiger partial charge in [-0.1, -0.05) is 23.9 Å². The molecule has 9 heteroatoms. The second-order valence-corrected chi connectivity index (χ2v) is 8.21. The van der Waals surface area contributed by atoms with Gasteiger partial charge in [0.05, 0.1) is 46.0 Å². The van der Waals surface area contributed by atoms with Crippen LogP contribution < -0.4 is 53.6 Å². The van der Waals surface area contributed by atoms with Crippen LogP contribution in [0.1, 0.15) is 0 Å². The van der Waals surface area contributed by atoms with Crippen molar-refractivity contribution in [2.24, 2.45) is 0 Å². The summed E-state index contributed by atoms with van der Waals surface area (Å²) in [4.78, 5) is 0. The summed E-state index contributed by atoms with van der Waals surface area (Å²) >= 11 is 2.24. The van der Waals surface area contributed by atoms with Crippen LogP contribution in [-0.4, -0.2) is 38.2 Å². The Bertz CT molecular complexity index is 1290. The zero-order valence-corrected chi connectivity index (χ0v) is 23.7. The first kappa shape index (κ1) is 26.2. The van der Waals surface area contributed by atoms with E-state index < -0.39 is 0 Å². The van der Waals surface area contributed by atoms with Gasteiger partial charge in [-0.25, -0.2) is 4.68 Å². The van der Waals surface area contributed by atoms with Crippen molar-refractivity contribution >= 4 is 22.6 Å². The molecule has 0 saturated heterocycles. The number of hydrogen-bond acceptors (Lipinski definition) is 6. The zero-order chi connectivity index (χ0) is 23.5. The maximum Gasteiger partial charge on any atom is 1.00 e. The summed E-state index contributed by atoms with van der Waals surface area (Å²) in [5.74, 6) is 1.78. The fraction of sp³-hybridized carbons (Fsp3) is 0.160. The smallest absolute Gasteiger partial charge is 0.872 e. The van der Waals surface area contributed by atoms with Gasteiger partial charge in [-0.3, -0.25) is 0 Å². The molecule has 0 radical (unpaired) electrons. The summed E-state index contributed by atoms with van der Waals surface area (Å²) < 4.78 is 24.5. The Labute approximate surface area is 234 Å². The topological polar surface area (TPSA) is 77.8 Å². The van der Waals surface area contributed by atoms with Crippen LogP contribution in [0, 0.1) is 3.57 Å². The largest absolute Gasteiger partial charge is 1.00 e. The average molecular weight is 580 g/mol. The standard InChI is InChI=1S/C25H23IN2O5.Na/c1-30-16-10-20(29)24(23(11-16)33-4)25-18(14-27-28(25)15-8-6-5-7-9-15)17-12-21(31-2)22(32-3)13-19(17)26;/h5-14,29H,1-4H3;/q;+1/p-1. The summed E-state index contributed by atoms with van der Waals surface area (Å²) in [6.45, 7) is 0. The maximum absolute atomic E-state index is 13.3. The van der Waals surface area contributed by atoms with E-state index in [1.807, 2.05) is 42.5 Å². The number of rotatable bonds is 7. The number of hydrogen-bond donors (Lipinski definition) is 0. The molecule has 7 nitrogen and oxygen atoms in total. The van der Waals surface area contributed by atoms with E-state index in [2.05, 4.69) is 27.7 Å². The summed E-state index contributed by atoms with van der Waals surface area (Å²) in [6.07, 6.45) is 1.74. The van der Waals surface area contributed by atoms with Gasteiger partial charge in [0, 0.05) is 26.3 Å². The molecule has 4 rings (SSSR count). The molecule has 0 unspecified atom stereocenters. The zero-order valence-electron chi connectivity index (χ0n) is 19.6. The molecule has 170 valence electrons. The Morgan fingerprint density at radius 1 is 0.794 bits per heavy atom. The fourth-order valence-corrected chi connectivity index (χ4v) is 4.42. The number of benzene rings is 3. The van der Waals surface area contributed by atoms with E-state index >= 15 is 0 Å². The third-order valence-corrected chi connectivity index (χ3v) is 6.16. The van der Waals surface area contributed by atoms with Gasteiger partial charge in [0.1, 0.15) is 11.5 Å². The van der Waals surface area contributed by atoms with Gasteiger partial charge < -0.3 is 24.1 Å². The number of methoxy groups -OCH3 is 4. The number of para-hydroxylation sites is 1. The van der Waals surface area contributed by atoms with Crippen LogP contribution in [0.4, 0.5) is 0 Å². The van der Waals surface area contributed by atoms with Crippen LogP contribution >= 0.6 is 22.6 Å². The fourth-order valence-electron chi connectivity index (χ4n) is 3.69. The van der Waals surface area contributed by atoms with E-state index in [1.165, 1.54) is 20.3 Å². The minimum atomic E-state index is -0.236. The number of aromatic nitrogens is 2. The van der Waals surface area contributed by atoms with Gasteiger partial charge in [-0.05, 0) is 52.9 Å². The first-order chi connectivity index (χ1) is 16.0. The van der Waals surface area contributed by atoms with Crippen LogP contribution in [-0.2, 0) is 0 Å². The molecule has 0 aliphatic rings. The van der Waals surface area contributed by atoms with E-state index in [9.17, 15) is 5.11 Å². The molecule has 34 heavy (non-hydrogen) atoms. The van der Waals surface area contributed by atoms with E-state index in [-0.39, 0.29) is 35.3 Å². The van der Waals surface area contributed by atoms with Crippen molar-refractivity contribution in [1.29, 1.82) is 0 Å². The molecule has 0 fully saturated rings. The molecule has 0 spiro atoms. The van der Waals surface area contributed by atoms with Crippen LogP contribution in [0.25, 0.3) is 28.1 Å². The monoisotopic (exact) mass is 580 g/mol. The van der Waals surface area contributed by atoms with Crippen molar-refractivity contribution in [2.45, 2.75) is 0 Å². The summed E-state index contributed by atoms with van der Waals surface area (Å²) in [6, 6.07) is 16.6. The van der Waals surface area contributed by atoms with E-state index in [1.54, 1.807) is 31.2 Å². The third-order valence-electron chi connectivity index (χ3n) is 5.27. The SMILES string of the molecule is COc1cc([O-])c(-c2c(-c3cc(OC)c(OC)cc3I)cnn2-c2ccccc2)c(OC)c1.[Na+]. The predicted molar refractivity (Wildman–Crippen MR) is 133 cm³/mol. The molecule has 1 aromatic heterocycles. The van der Waals surface area contributed by atoms with Crippen LogP contribution in [0.5, 0.6) is 28.7 Å². The Morgan fingerprint density at radius 2 is 1.44 bits per heavy atom. The van der Waals surface area contributed by atoms with Gasteiger partial charge in [0.15, 0.2) is 11.5 Å². The van der Waals surface area contributed by atoms with Gasteiger partial charge in [-0.2, -0.15) is 5.10 Å². The van der Waals surface area contributed by atoms with Gasteiger partial charge >= 0.3 is 29.6 Å². The predicted octanol–water partition coefficient (Wildman–Crippen LogP) is 1.92. The molecule has 3 aromatic carbocycles. The Hall–Kier alpha value is -2.40. The van der Waals surface area contributed by atoms with E-state index in [0.717, 1.165) is 20.4 Å². The van der Waals surface area contributed by atoms with Crippen molar-refractivity contribution in [1.82, 2.24) is 9.78 Å².